The van der Waals surface area contributed by atoms with Crippen molar-refractivity contribution in [2.75, 3.05) is 11.1 Å². The number of carbonyl (C=O) groups excluding carboxylic acids is 2. The summed E-state index contributed by atoms with van der Waals surface area (Å²) in [4.78, 5) is 28.1. The van der Waals surface area contributed by atoms with Crippen LogP contribution in [0.3, 0.4) is 0 Å². The first kappa shape index (κ1) is 17.9. The van der Waals surface area contributed by atoms with Gasteiger partial charge in [-0.3, -0.25) is 9.59 Å². The minimum Gasteiger partial charge on any atom is -0.325 e. The van der Waals surface area contributed by atoms with Crippen LogP contribution in [0.1, 0.15) is 17.3 Å². The lowest BCUT2D eigenvalue weighted by molar-refractivity contribution is -0.113. The zero-order valence-corrected chi connectivity index (χ0v) is 15.3. The van der Waals surface area contributed by atoms with Crippen molar-refractivity contribution in [3.63, 3.8) is 0 Å². The van der Waals surface area contributed by atoms with Crippen molar-refractivity contribution < 1.29 is 9.59 Å². The first-order chi connectivity index (χ1) is 12.6. The van der Waals surface area contributed by atoms with Gasteiger partial charge in [-0.15, -0.1) is 6.58 Å². The molecule has 0 unspecified atom stereocenters. The number of aromatic nitrogens is 2. The van der Waals surface area contributed by atoms with Gasteiger partial charge < -0.3 is 9.88 Å². The Bertz CT molecular complexity index is 961. The summed E-state index contributed by atoms with van der Waals surface area (Å²) in [5.74, 6) is 0.122. The summed E-state index contributed by atoms with van der Waals surface area (Å²) in [7, 11) is 0. The summed E-state index contributed by atoms with van der Waals surface area (Å²) in [6, 6.07) is 14.7. The van der Waals surface area contributed by atoms with E-state index in [1.807, 2.05) is 34.9 Å². The molecule has 0 atom stereocenters. The van der Waals surface area contributed by atoms with Gasteiger partial charge in [0.2, 0.25) is 5.91 Å². The maximum atomic E-state index is 12.2. The van der Waals surface area contributed by atoms with Crippen molar-refractivity contribution in [3.8, 4) is 0 Å². The molecule has 3 aromatic rings. The number of hydrogen-bond acceptors (Lipinski definition) is 4. The molecule has 6 heteroatoms. The van der Waals surface area contributed by atoms with E-state index in [4.69, 9.17) is 0 Å². The second-order valence-electron chi connectivity index (χ2n) is 5.75. The first-order valence-electron chi connectivity index (χ1n) is 8.18. The lowest BCUT2D eigenvalue weighted by Gasteiger charge is -2.07. The monoisotopic (exact) mass is 365 g/mol. The summed E-state index contributed by atoms with van der Waals surface area (Å²) in [5, 5.41) is 3.62. The fourth-order valence-corrected chi connectivity index (χ4v) is 3.41. The number of amides is 1. The second kappa shape index (κ2) is 8.01. The van der Waals surface area contributed by atoms with Crippen LogP contribution in [-0.4, -0.2) is 27.0 Å². The fourth-order valence-electron chi connectivity index (χ4n) is 2.58. The van der Waals surface area contributed by atoms with Gasteiger partial charge in [0.25, 0.3) is 0 Å². The third-order valence-corrected chi connectivity index (χ3v) is 4.82. The summed E-state index contributed by atoms with van der Waals surface area (Å²) < 4.78 is 2.04. The van der Waals surface area contributed by atoms with E-state index in [-0.39, 0.29) is 17.4 Å². The molecule has 0 aliphatic rings. The van der Waals surface area contributed by atoms with E-state index in [1.165, 1.54) is 18.7 Å². The average molecular weight is 365 g/mol. The molecule has 0 radical (unpaired) electrons. The van der Waals surface area contributed by atoms with Crippen LogP contribution in [0.25, 0.3) is 11.0 Å². The molecule has 0 fully saturated rings. The number of para-hydroxylation sites is 2. The highest BCUT2D eigenvalue weighted by Crippen LogP contribution is 2.24. The van der Waals surface area contributed by atoms with E-state index in [9.17, 15) is 9.59 Å². The Kier molecular flexibility index (Phi) is 5.53. The molecule has 26 heavy (non-hydrogen) atoms. The molecule has 1 N–H and O–H groups in total. The molecule has 132 valence electrons. The quantitative estimate of drug-likeness (QED) is 0.388. The molecular formula is C20H19N3O2S. The second-order valence-corrected chi connectivity index (χ2v) is 6.70. The number of imidazole rings is 1. The molecule has 3 rings (SSSR count). The Morgan fingerprint density at radius 3 is 2.62 bits per heavy atom. The summed E-state index contributed by atoms with van der Waals surface area (Å²) in [6.07, 6.45) is 1.81. The summed E-state index contributed by atoms with van der Waals surface area (Å²) in [5.41, 5.74) is 3.21. The van der Waals surface area contributed by atoms with Gasteiger partial charge >= 0.3 is 0 Å². The van der Waals surface area contributed by atoms with Crippen LogP contribution in [0.2, 0.25) is 0 Å². The molecule has 1 amide bonds. The standard InChI is InChI=1S/C20H19N3O2S/c1-3-12-23-18-7-5-4-6-17(18)22-20(23)26-13-19(25)21-16-10-8-15(9-11-16)14(2)24/h3-11H,1,12-13H2,2H3,(H,21,25). The predicted octanol–water partition coefficient (Wildman–Crippen LogP) is 4.16. The Balaban J connectivity index is 1.67. The smallest absolute Gasteiger partial charge is 0.234 e. The SMILES string of the molecule is C=CCn1c(SCC(=O)Nc2ccc(C(C)=O)cc2)nc2ccccc21. The number of hydrogen-bond donors (Lipinski definition) is 1. The number of Topliss-reactive ketones (excluding diaryl/α,β-unsaturated/α-hetero) is 1. The fraction of sp³-hybridized carbons (Fsp3) is 0.150. The third kappa shape index (κ3) is 4.03. The number of benzene rings is 2. The van der Waals surface area contributed by atoms with Crippen molar-refractivity contribution in [1.29, 1.82) is 0 Å². The minimum absolute atomic E-state index is 0.000414. The number of nitrogens with one attached hydrogen (secondary N) is 1. The number of ketones is 1. The normalized spacial score (nSPS) is 10.7. The zero-order valence-electron chi connectivity index (χ0n) is 14.4. The van der Waals surface area contributed by atoms with Crippen molar-refractivity contribution in [2.24, 2.45) is 0 Å². The van der Waals surface area contributed by atoms with Gasteiger partial charge in [-0.1, -0.05) is 30.0 Å². The largest absolute Gasteiger partial charge is 0.325 e. The molecule has 2 aromatic carbocycles. The number of anilines is 1. The van der Waals surface area contributed by atoms with Gasteiger partial charge in [-0.05, 0) is 43.3 Å². The lowest BCUT2D eigenvalue weighted by Crippen LogP contribution is -2.14. The number of thioether (sulfide) groups is 1. The highest BCUT2D eigenvalue weighted by molar-refractivity contribution is 7.99. The van der Waals surface area contributed by atoms with Crippen LogP contribution in [0, 0.1) is 0 Å². The van der Waals surface area contributed by atoms with Crippen molar-refractivity contribution in [1.82, 2.24) is 9.55 Å². The molecule has 0 saturated carbocycles. The zero-order chi connectivity index (χ0) is 18.5. The Morgan fingerprint density at radius 1 is 1.19 bits per heavy atom. The van der Waals surface area contributed by atoms with Crippen LogP contribution >= 0.6 is 11.8 Å². The van der Waals surface area contributed by atoms with Gasteiger partial charge in [-0.2, -0.15) is 0 Å². The van der Waals surface area contributed by atoms with Crippen LogP contribution in [0.4, 0.5) is 5.69 Å². The maximum absolute atomic E-state index is 12.2. The Morgan fingerprint density at radius 2 is 1.92 bits per heavy atom. The van der Waals surface area contributed by atoms with Gasteiger partial charge in [0, 0.05) is 17.8 Å². The van der Waals surface area contributed by atoms with E-state index < -0.39 is 0 Å². The van der Waals surface area contributed by atoms with Crippen LogP contribution in [0.15, 0.2) is 66.3 Å². The molecule has 0 aliphatic carbocycles. The number of allylic oxidation sites excluding steroid dienone is 1. The topological polar surface area (TPSA) is 64.0 Å². The lowest BCUT2D eigenvalue weighted by atomic mass is 10.1. The van der Waals surface area contributed by atoms with Crippen molar-refractivity contribution in [2.45, 2.75) is 18.6 Å². The Labute approximate surface area is 156 Å². The summed E-state index contributed by atoms with van der Waals surface area (Å²) >= 11 is 1.39. The van der Waals surface area contributed by atoms with Crippen molar-refractivity contribution in [3.05, 3.63) is 66.7 Å². The van der Waals surface area contributed by atoms with E-state index in [0.29, 0.717) is 17.8 Å². The molecule has 0 aliphatic heterocycles. The maximum Gasteiger partial charge on any atom is 0.234 e. The summed E-state index contributed by atoms with van der Waals surface area (Å²) in [6.45, 7) is 5.94. The molecule has 1 heterocycles. The molecule has 0 spiro atoms. The first-order valence-corrected chi connectivity index (χ1v) is 9.17. The average Bonchev–Trinajstić information content (AvgIpc) is 2.99. The number of carbonyl (C=O) groups is 2. The van der Waals surface area contributed by atoms with Crippen LogP contribution < -0.4 is 5.32 Å². The highest BCUT2D eigenvalue weighted by Gasteiger charge is 2.12. The third-order valence-electron chi connectivity index (χ3n) is 3.84. The van der Waals surface area contributed by atoms with Gasteiger partial charge in [0.1, 0.15) is 0 Å². The highest BCUT2D eigenvalue weighted by atomic mass is 32.2. The number of rotatable bonds is 7. The molecule has 0 saturated heterocycles. The van der Waals surface area contributed by atoms with Crippen LogP contribution in [0.5, 0.6) is 0 Å². The molecule has 0 bridgehead atoms. The predicted molar refractivity (Wildman–Crippen MR) is 106 cm³/mol. The van der Waals surface area contributed by atoms with E-state index >= 15 is 0 Å². The number of nitrogens with zero attached hydrogens (tertiary/aromatic N) is 2. The Hall–Kier alpha value is -2.86. The molecular weight excluding hydrogens is 346 g/mol. The number of fused-ring (bicyclic) bond motifs is 1. The van der Waals surface area contributed by atoms with E-state index in [0.717, 1.165) is 16.2 Å². The van der Waals surface area contributed by atoms with Crippen molar-refractivity contribution >= 4 is 40.2 Å². The minimum atomic E-state index is -0.122. The molecule has 1 aromatic heterocycles. The molecule has 5 nitrogen and oxygen atoms in total. The van der Waals surface area contributed by atoms with E-state index in [2.05, 4.69) is 16.9 Å². The van der Waals surface area contributed by atoms with Gasteiger partial charge in [0.15, 0.2) is 10.9 Å². The van der Waals surface area contributed by atoms with E-state index in [1.54, 1.807) is 24.3 Å². The van der Waals surface area contributed by atoms with Crippen LogP contribution in [-0.2, 0) is 11.3 Å². The van der Waals surface area contributed by atoms with Gasteiger partial charge in [-0.25, -0.2) is 4.98 Å². The van der Waals surface area contributed by atoms with Gasteiger partial charge in [0.05, 0.1) is 16.8 Å².